The highest BCUT2D eigenvalue weighted by atomic mass is 16.1. The molecule has 0 saturated heterocycles. The van der Waals surface area contributed by atoms with Crippen LogP contribution in [0.3, 0.4) is 0 Å². The molecule has 0 radical (unpaired) electrons. The van der Waals surface area contributed by atoms with Gasteiger partial charge in [-0.05, 0) is 31.9 Å². The van der Waals surface area contributed by atoms with E-state index in [-0.39, 0.29) is 11.7 Å². The van der Waals surface area contributed by atoms with Crippen molar-refractivity contribution in [3.63, 3.8) is 0 Å². The maximum atomic E-state index is 12.0. The fourth-order valence-corrected chi connectivity index (χ4v) is 1.81. The van der Waals surface area contributed by atoms with Gasteiger partial charge in [0.2, 0.25) is 5.78 Å². The molecule has 4 nitrogen and oxygen atoms in total. The first-order valence-corrected chi connectivity index (χ1v) is 5.77. The smallest absolute Gasteiger partial charge is 0.203 e. The second kappa shape index (κ2) is 3.80. The molecule has 0 bridgehead atoms. The molecule has 1 aromatic heterocycles. The van der Waals surface area contributed by atoms with Gasteiger partial charge in [-0.25, -0.2) is 9.67 Å². The van der Waals surface area contributed by atoms with E-state index in [9.17, 15) is 4.79 Å². The van der Waals surface area contributed by atoms with Crippen molar-refractivity contribution in [3.8, 4) is 5.69 Å². The third kappa shape index (κ3) is 1.86. The number of nitrogens with zero attached hydrogens (tertiary/aromatic N) is 3. The van der Waals surface area contributed by atoms with Gasteiger partial charge >= 0.3 is 0 Å². The molecule has 86 valence electrons. The van der Waals surface area contributed by atoms with Crippen molar-refractivity contribution < 1.29 is 4.79 Å². The lowest BCUT2D eigenvalue weighted by Gasteiger charge is -2.04. The molecule has 1 aliphatic carbocycles. The summed E-state index contributed by atoms with van der Waals surface area (Å²) in [4.78, 5) is 16.1. The number of hydrogen-bond acceptors (Lipinski definition) is 3. The number of carbonyl (C=O) groups excluding carboxylic acids is 1. The summed E-state index contributed by atoms with van der Waals surface area (Å²) in [5.74, 6) is 0.739. The van der Waals surface area contributed by atoms with E-state index in [1.54, 1.807) is 4.68 Å². The van der Waals surface area contributed by atoms with E-state index in [0.717, 1.165) is 18.5 Å². The van der Waals surface area contributed by atoms with Crippen molar-refractivity contribution >= 4 is 5.78 Å². The van der Waals surface area contributed by atoms with Gasteiger partial charge in [-0.1, -0.05) is 17.7 Å². The molecule has 0 spiro atoms. The molecule has 3 rings (SSSR count). The molecule has 2 aromatic rings. The van der Waals surface area contributed by atoms with Gasteiger partial charge in [-0.2, -0.15) is 5.10 Å². The second-order valence-electron chi connectivity index (χ2n) is 4.47. The minimum absolute atomic E-state index is 0.114. The molecule has 0 aliphatic heterocycles. The van der Waals surface area contributed by atoms with E-state index in [4.69, 9.17) is 0 Å². The van der Waals surface area contributed by atoms with Crippen LogP contribution in [0, 0.1) is 12.8 Å². The predicted molar refractivity (Wildman–Crippen MR) is 63.2 cm³/mol. The third-order valence-electron chi connectivity index (χ3n) is 2.99. The summed E-state index contributed by atoms with van der Waals surface area (Å²) in [6.45, 7) is 2.03. The molecule has 0 atom stereocenters. The molecule has 1 aliphatic rings. The molecular weight excluding hydrogens is 214 g/mol. The number of aromatic nitrogens is 3. The van der Waals surface area contributed by atoms with Crippen LogP contribution >= 0.6 is 0 Å². The summed E-state index contributed by atoms with van der Waals surface area (Å²) < 4.78 is 1.63. The van der Waals surface area contributed by atoms with E-state index in [1.165, 1.54) is 11.9 Å². The van der Waals surface area contributed by atoms with Gasteiger partial charge in [0.05, 0.1) is 5.69 Å². The highest BCUT2D eigenvalue weighted by Crippen LogP contribution is 2.32. The Morgan fingerprint density at radius 1 is 1.29 bits per heavy atom. The molecule has 4 heteroatoms. The zero-order valence-electron chi connectivity index (χ0n) is 9.63. The number of Topliss-reactive ketones (excluding diaryl/α,β-unsaturated/α-hetero) is 1. The maximum absolute atomic E-state index is 12.0. The Morgan fingerprint density at radius 2 is 2.00 bits per heavy atom. The van der Waals surface area contributed by atoms with Gasteiger partial charge < -0.3 is 0 Å². The largest absolute Gasteiger partial charge is 0.290 e. The Morgan fingerprint density at radius 3 is 2.65 bits per heavy atom. The van der Waals surface area contributed by atoms with Crippen molar-refractivity contribution in [1.82, 2.24) is 14.8 Å². The summed E-state index contributed by atoms with van der Waals surface area (Å²) in [6, 6.07) is 7.91. The first-order chi connectivity index (χ1) is 8.25. The van der Waals surface area contributed by atoms with Crippen molar-refractivity contribution in [2.45, 2.75) is 19.8 Å². The lowest BCUT2D eigenvalue weighted by atomic mass is 10.2. The fourth-order valence-electron chi connectivity index (χ4n) is 1.81. The lowest BCUT2D eigenvalue weighted by Crippen LogP contribution is -2.11. The van der Waals surface area contributed by atoms with Crippen LogP contribution in [0.2, 0.25) is 0 Å². The van der Waals surface area contributed by atoms with Crippen LogP contribution in [-0.2, 0) is 0 Å². The lowest BCUT2D eigenvalue weighted by molar-refractivity contribution is 0.0955. The zero-order chi connectivity index (χ0) is 11.8. The minimum Gasteiger partial charge on any atom is -0.290 e. The van der Waals surface area contributed by atoms with Gasteiger partial charge in [0, 0.05) is 5.92 Å². The molecule has 1 fully saturated rings. The van der Waals surface area contributed by atoms with Crippen LogP contribution < -0.4 is 0 Å². The molecule has 0 amide bonds. The highest BCUT2D eigenvalue weighted by Gasteiger charge is 2.33. The SMILES string of the molecule is Cc1ccc(-n2ncnc2C(=O)C2CC2)cc1. The van der Waals surface area contributed by atoms with Crippen molar-refractivity contribution in [2.75, 3.05) is 0 Å². The summed E-state index contributed by atoms with van der Waals surface area (Å²) in [7, 11) is 0. The standard InChI is InChI=1S/C13H13N3O/c1-9-2-6-11(7-3-9)16-13(14-8-15-16)12(17)10-4-5-10/h2-3,6-8,10H,4-5H2,1H3. The van der Waals surface area contributed by atoms with E-state index in [2.05, 4.69) is 10.1 Å². The summed E-state index contributed by atoms with van der Waals surface area (Å²) in [6.07, 6.45) is 3.41. The Kier molecular flexibility index (Phi) is 2.28. The molecule has 1 heterocycles. The van der Waals surface area contributed by atoms with Crippen LogP contribution in [0.5, 0.6) is 0 Å². The van der Waals surface area contributed by atoms with E-state index in [0.29, 0.717) is 5.82 Å². The molecule has 1 saturated carbocycles. The average Bonchev–Trinajstić information content (AvgIpc) is 3.07. The number of hydrogen-bond donors (Lipinski definition) is 0. The summed E-state index contributed by atoms with van der Waals surface area (Å²) >= 11 is 0. The van der Waals surface area contributed by atoms with Crippen molar-refractivity contribution in [3.05, 3.63) is 42.0 Å². The Balaban J connectivity index is 2.00. The fraction of sp³-hybridized carbons (Fsp3) is 0.308. The van der Waals surface area contributed by atoms with Gasteiger partial charge in [0.1, 0.15) is 6.33 Å². The number of ketones is 1. The Hall–Kier alpha value is -1.97. The zero-order valence-corrected chi connectivity index (χ0v) is 9.63. The topological polar surface area (TPSA) is 47.8 Å². The first kappa shape index (κ1) is 10.2. The summed E-state index contributed by atoms with van der Waals surface area (Å²) in [5.41, 5.74) is 2.07. The van der Waals surface area contributed by atoms with Gasteiger partial charge in [0.25, 0.3) is 0 Å². The van der Waals surface area contributed by atoms with Crippen molar-refractivity contribution in [1.29, 1.82) is 0 Å². The number of rotatable bonds is 3. The Bertz CT molecular complexity index is 552. The van der Waals surface area contributed by atoms with E-state index < -0.39 is 0 Å². The van der Waals surface area contributed by atoms with Gasteiger partial charge in [-0.3, -0.25) is 4.79 Å². The quantitative estimate of drug-likeness (QED) is 0.755. The van der Waals surface area contributed by atoms with Crippen LogP contribution in [0.15, 0.2) is 30.6 Å². The molecule has 1 aromatic carbocycles. The first-order valence-electron chi connectivity index (χ1n) is 5.77. The van der Waals surface area contributed by atoms with Gasteiger partial charge in [0.15, 0.2) is 5.82 Å². The average molecular weight is 227 g/mol. The summed E-state index contributed by atoms with van der Waals surface area (Å²) in [5, 5.41) is 4.13. The van der Waals surface area contributed by atoms with Crippen LogP contribution in [0.1, 0.15) is 29.0 Å². The number of carbonyl (C=O) groups is 1. The number of benzene rings is 1. The molecule has 0 unspecified atom stereocenters. The van der Waals surface area contributed by atoms with E-state index >= 15 is 0 Å². The minimum atomic E-state index is 0.114. The van der Waals surface area contributed by atoms with E-state index in [1.807, 2.05) is 31.2 Å². The molecule has 0 N–H and O–H groups in total. The van der Waals surface area contributed by atoms with Crippen LogP contribution in [-0.4, -0.2) is 20.5 Å². The molecule has 17 heavy (non-hydrogen) atoms. The molecular formula is C13H13N3O. The monoisotopic (exact) mass is 227 g/mol. The normalized spacial score (nSPS) is 14.9. The van der Waals surface area contributed by atoms with Crippen LogP contribution in [0.4, 0.5) is 0 Å². The second-order valence-corrected chi connectivity index (χ2v) is 4.47. The highest BCUT2D eigenvalue weighted by molar-refractivity contribution is 5.96. The van der Waals surface area contributed by atoms with Crippen LogP contribution in [0.25, 0.3) is 5.69 Å². The predicted octanol–water partition coefficient (Wildman–Crippen LogP) is 2.17. The third-order valence-corrected chi connectivity index (χ3v) is 2.99. The van der Waals surface area contributed by atoms with Crippen molar-refractivity contribution in [2.24, 2.45) is 5.92 Å². The maximum Gasteiger partial charge on any atom is 0.203 e. The Labute approximate surface area is 99.3 Å². The van der Waals surface area contributed by atoms with Gasteiger partial charge in [-0.15, -0.1) is 0 Å². The number of aryl methyl sites for hydroxylation is 1.